The molecule has 0 aliphatic carbocycles. The summed E-state index contributed by atoms with van der Waals surface area (Å²) in [5, 5.41) is 0. The largest absolute Gasteiger partial charge is 0.373 e. The lowest BCUT2D eigenvalue weighted by Gasteiger charge is -2.30. The van der Waals surface area contributed by atoms with Crippen molar-refractivity contribution < 1.29 is 4.79 Å². The van der Waals surface area contributed by atoms with Crippen molar-refractivity contribution in [1.29, 1.82) is 0 Å². The van der Waals surface area contributed by atoms with Crippen LogP contribution >= 0.6 is 0 Å². The number of nitrogens with two attached hydrogens (primary N) is 1. The van der Waals surface area contributed by atoms with Crippen molar-refractivity contribution >= 4 is 5.91 Å². The van der Waals surface area contributed by atoms with Gasteiger partial charge in [-0.05, 0) is 29.7 Å². The van der Waals surface area contributed by atoms with Gasteiger partial charge in [-0.3, -0.25) is 4.79 Å². The molecule has 0 radical (unpaired) electrons. The van der Waals surface area contributed by atoms with Gasteiger partial charge in [-0.15, -0.1) is 0 Å². The van der Waals surface area contributed by atoms with Crippen LogP contribution in [-0.2, 0) is 11.3 Å². The van der Waals surface area contributed by atoms with Crippen molar-refractivity contribution in [2.45, 2.75) is 26.3 Å². The third-order valence-electron chi connectivity index (χ3n) is 3.44. The van der Waals surface area contributed by atoms with Gasteiger partial charge in [0, 0.05) is 19.5 Å². The number of rotatable bonds is 4. The molecule has 2 rings (SSSR count). The van der Waals surface area contributed by atoms with Gasteiger partial charge in [-0.2, -0.15) is 0 Å². The van der Waals surface area contributed by atoms with Gasteiger partial charge in [0.15, 0.2) is 0 Å². The van der Waals surface area contributed by atoms with Gasteiger partial charge in [0.1, 0.15) is 0 Å². The second kappa shape index (κ2) is 5.71. The minimum absolute atomic E-state index is 0.241. The summed E-state index contributed by atoms with van der Waals surface area (Å²) >= 11 is 0. The zero-order chi connectivity index (χ0) is 13.0. The molecule has 3 heteroatoms. The van der Waals surface area contributed by atoms with Gasteiger partial charge in [-0.1, -0.05) is 37.3 Å². The number of hydrogen-bond donors (Lipinski definition) is 1. The monoisotopic (exact) mass is 244 g/mol. The molecule has 0 spiro atoms. The standard InChI is InChI=1S/C15H20N2O/c1-12-7-8-17(11-14(12)9-15(16)18)10-13-5-3-2-4-6-13/h2-6,11-12H,7-10H2,1H3,(H2,16,18). The third kappa shape index (κ3) is 3.36. The zero-order valence-corrected chi connectivity index (χ0v) is 10.8. The molecule has 3 nitrogen and oxygen atoms in total. The van der Waals surface area contributed by atoms with Crippen LogP contribution in [0.3, 0.4) is 0 Å². The fraction of sp³-hybridized carbons (Fsp3) is 0.400. The number of amides is 1. The Balaban J connectivity index is 2.05. The van der Waals surface area contributed by atoms with Crippen molar-refractivity contribution in [3.8, 4) is 0 Å². The molecule has 0 aromatic heterocycles. The molecular weight excluding hydrogens is 224 g/mol. The summed E-state index contributed by atoms with van der Waals surface area (Å²) in [5.41, 5.74) is 7.74. The number of carbonyl (C=O) groups excluding carboxylic acids is 1. The van der Waals surface area contributed by atoms with Crippen molar-refractivity contribution in [3.63, 3.8) is 0 Å². The summed E-state index contributed by atoms with van der Waals surface area (Å²) in [6.07, 6.45) is 3.59. The Bertz CT molecular complexity index is 439. The summed E-state index contributed by atoms with van der Waals surface area (Å²) in [6, 6.07) is 10.4. The lowest BCUT2D eigenvalue weighted by Crippen LogP contribution is -2.28. The van der Waals surface area contributed by atoms with E-state index in [2.05, 4.69) is 42.3 Å². The highest BCUT2D eigenvalue weighted by molar-refractivity contribution is 5.76. The van der Waals surface area contributed by atoms with Crippen molar-refractivity contribution in [1.82, 2.24) is 4.90 Å². The van der Waals surface area contributed by atoms with Crippen LogP contribution in [-0.4, -0.2) is 17.4 Å². The predicted molar refractivity (Wildman–Crippen MR) is 72.5 cm³/mol. The molecule has 1 aliphatic heterocycles. The number of benzene rings is 1. The molecule has 1 aromatic carbocycles. The maximum Gasteiger partial charge on any atom is 0.221 e. The molecule has 0 fully saturated rings. The first kappa shape index (κ1) is 12.7. The fourth-order valence-electron chi connectivity index (χ4n) is 2.33. The van der Waals surface area contributed by atoms with E-state index in [1.807, 2.05) is 6.07 Å². The molecule has 0 saturated carbocycles. The third-order valence-corrected chi connectivity index (χ3v) is 3.44. The average Bonchev–Trinajstić information content (AvgIpc) is 2.34. The molecule has 2 N–H and O–H groups in total. The highest BCUT2D eigenvalue weighted by Gasteiger charge is 2.18. The molecule has 1 aromatic rings. The first-order valence-electron chi connectivity index (χ1n) is 6.42. The molecule has 96 valence electrons. The van der Waals surface area contributed by atoms with Crippen LogP contribution in [0.1, 0.15) is 25.3 Å². The minimum atomic E-state index is -0.241. The van der Waals surface area contributed by atoms with E-state index in [4.69, 9.17) is 5.73 Å². The molecule has 1 aliphatic rings. The average molecular weight is 244 g/mol. The first-order chi connectivity index (χ1) is 8.65. The maximum atomic E-state index is 11.0. The first-order valence-corrected chi connectivity index (χ1v) is 6.42. The van der Waals surface area contributed by atoms with E-state index in [1.54, 1.807) is 0 Å². The van der Waals surface area contributed by atoms with E-state index < -0.39 is 0 Å². The second-order valence-electron chi connectivity index (χ2n) is 4.99. The van der Waals surface area contributed by atoms with Gasteiger partial charge in [0.2, 0.25) is 5.91 Å². The molecule has 0 saturated heterocycles. The van der Waals surface area contributed by atoms with E-state index in [1.165, 1.54) is 5.56 Å². The maximum absolute atomic E-state index is 11.0. The van der Waals surface area contributed by atoms with Crippen LogP contribution in [0.25, 0.3) is 0 Å². The Hall–Kier alpha value is -1.77. The van der Waals surface area contributed by atoms with Gasteiger partial charge < -0.3 is 10.6 Å². The number of carbonyl (C=O) groups is 1. The van der Waals surface area contributed by atoms with Gasteiger partial charge in [0.25, 0.3) is 0 Å². The summed E-state index contributed by atoms with van der Waals surface area (Å²) in [5.74, 6) is 0.221. The Morgan fingerprint density at radius 2 is 2.11 bits per heavy atom. The van der Waals surface area contributed by atoms with Gasteiger partial charge >= 0.3 is 0 Å². The highest BCUT2D eigenvalue weighted by atomic mass is 16.1. The second-order valence-corrected chi connectivity index (χ2v) is 4.99. The number of primary amides is 1. The van der Waals surface area contributed by atoms with E-state index in [0.29, 0.717) is 12.3 Å². The summed E-state index contributed by atoms with van der Waals surface area (Å²) in [6.45, 7) is 4.10. The van der Waals surface area contributed by atoms with Crippen LogP contribution in [0, 0.1) is 5.92 Å². The number of nitrogens with zero attached hydrogens (tertiary/aromatic N) is 1. The molecule has 18 heavy (non-hydrogen) atoms. The molecule has 1 unspecified atom stereocenters. The summed E-state index contributed by atoms with van der Waals surface area (Å²) < 4.78 is 0. The van der Waals surface area contributed by atoms with Crippen LogP contribution < -0.4 is 5.73 Å². The Morgan fingerprint density at radius 1 is 1.39 bits per heavy atom. The zero-order valence-electron chi connectivity index (χ0n) is 10.8. The van der Waals surface area contributed by atoms with Crippen molar-refractivity contribution in [2.24, 2.45) is 11.7 Å². The lowest BCUT2D eigenvalue weighted by molar-refractivity contribution is -0.117. The quantitative estimate of drug-likeness (QED) is 0.883. The van der Waals surface area contributed by atoms with E-state index in [9.17, 15) is 4.79 Å². The molecule has 1 amide bonds. The van der Waals surface area contributed by atoms with Crippen LogP contribution in [0.15, 0.2) is 42.1 Å². The van der Waals surface area contributed by atoms with E-state index >= 15 is 0 Å². The number of hydrogen-bond acceptors (Lipinski definition) is 2. The molecular formula is C15H20N2O. The fourth-order valence-corrected chi connectivity index (χ4v) is 2.33. The summed E-state index contributed by atoms with van der Waals surface area (Å²) in [7, 11) is 0. The lowest BCUT2D eigenvalue weighted by atomic mass is 9.92. The van der Waals surface area contributed by atoms with Gasteiger partial charge in [0.05, 0.1) is 0 Å². The Morgan fingerprint density at radius 3 is 2.78 bits per heavy atom. The van der Waals surface area contributed by atoms with Crippen LogP contribution in [0.2, 0.25) is 0 Å². The molecule has 0 bridgehead atoms. The smallest absolute Gasteiger partial charge is 0.221 e. The van der Waals surface area contributed by atoms with Crippen LogP contribution in [0.5, 0.6) is 0 Å². The molecule has 1 heterocycles. The Kier molecular flexibility index (Phi) is 4.03. The van der Waals surface area contributed by atoms with Crippen molar-refractivity contribution in [2.75, 3.05) is 6.54 Å². The topological polar surface area (TPSA) is 46.3 Å². The van der Waals surface area contributed by atoms with E-state index in [0.717, 1.165) is 25.1 Å². The summed E-state index contributed by atoms with van der Waals surface area (Å²) in [4.78, 5) is 13.3. The van der Waals surface area contributed by atoms with E-state index in [-0.39, 0.29) is 5.91 Å². The van der Waals surface area contributed by atoms with Crippen molar-refractivity contribution in [3.05, 3.63) is 47.7 Å². The van der Waals surface area contributed by atoms with Crippen LogP contribution in [0.4, 0.5) is 0 Å². The Labute approximate surface area is 108 Å². The minimum Gasteiger partial charge on any atom is -0.373 e. The highest BCUT2D eigenvalue weighted by Crippen LogP contribution is 2.25. The molecule has 1 atom stereocenters. The normalized spacial score (nSPS) is 19.5. The van der Waals surface area contributed by atoms with Gasteiger partial charge in [-0.25, -0.2) is 0 Å². The SMILES string of the molecule is CC1CCN(Cc2ccccc2)C=C1CC(N)=O. The predicted octanol–water partition coefficient (Wildman–Crippen LogP) is 2.29.